The standard InChI is InChI=1S/C44H52F2N5O12PS2/c1-26(2)17-39(53)65-16-15-61-64(58,62-25-60-43(57)63-32-12-14-59-24-32)44(45,46)30-7-10-36-28(18-30)19-37(66-36)40(54)49-34-6-4-3-5-31-8-9-35(51(31)41(34)55)42(56)50-22-29(21-47)33(23-50)27-11-13-48-38(52)20-27/h7,10-11,13,18-20,26,29,31-35H,3-6,8-9,12,14-17,22-25H2,1-2H3,(H,48,52)(H,49,54)/t29-,31+,32+,33+,34+,35+,64?/m1/s1. The maximum atomic E-state index is 16.4. The van der Waals surface area contributed by atoms with Gasteiger partial charge in [-0.3, -0.25) is 33.1 Å². The highest BCUT2D eigenvalue weighted by atomic mass is 32.2. The van der Waals surface area contributed by atoms with Gasteiger partial charge in [-0.2, -0.15) is 14.0 Å². The minimum absolute atomic E-state index is 0.0642. The van der Waals surface area contributed by atoms with Crippen LogP contribution in [0.15, 0.2) is 47.4 Å². The topological polar surface area (TPSA) is 224 Å². The van der Waals surface area contributed by atoms with Crippen LogP contribution in [-0.2, 0) is 47.9 Å². The lowest BCUT2D eigenvalue weighted by Crippen LogP contribution is -2.56. The molecule has 1 unspecified atom stereocenters. The summed E-state index contributed by atoms with van der Waals surface area (Å²) in [6, 6.07) is 8.15. The summed E-state index contributed by atoms with van der Waals surface area (Å²) < 4.78 is 72.5. The maximum Gasteiger partial charge on any atom is 0.510 e. The fraction of sp³-hybridized carbons (Fsp3) is 0.568. The van der Waals surface area contributed by atoms with Crippen LogP contribution in [0.1, 0.15) is 91.9 Å². The maximum absolute atomic E-state index is 16.4. The van der Waals surface area contributed by atoms with Crippen molar-refractivity contribution >= 4 is 69.8 Å². The second-order valence-electron chi connectivity index (χ2n) is 17.2. The quantitative estimate of drug-likeness (QED) is 0.0647. The van der Waals surface area contributed by atoms with Crippen molar-refractivity contribution in [1.82, 2.24) is 20.1 Å². The fourth-order valence-electron chi connectivity index (χ4n) is 8.82. The Labute approximate surface area is 387 Å². The van der Waals surface area contributed by atoms with Gasteiger partial charge in [-0.15, -0.1) is 11.3 Å². The number of thiophene rings is 1. The number of pyridine rings is 1. The number of alkyl halides is 2. The van der Waals surface area contributed by atoms with Crippen LogP contribution < -0.4 is 10.9 Å². The molecule has 0 bridgehead atoms. The molecule has 4 aliphatic heterocycles. The van der Waals surface area contributed by atoms with Gasteiger partial charge in [-0.1, -0.05) is 44.5 Å². The van der Waals surface area contributed by atoms with Gasteiger partial charge >= 0.3 is 19.4 Å². The van der Waals surface area contributed by atoms with E-state index in [2.05, 4.69) is 16.4 Å². The molecule has 7 atom stereocenters. The molecule has 7 rings (SSSR count). The van der Waals surface area contributed by atoms with E-state index in [0.717, 1.165) is 41.7 Å². The number of nitriles is 1. The van der Waals surface area contributed by atoms with Crippen molar-refractivity contribution in [3.05, 3.63) is 69.0 Å². The van der Waals surface area contributed by atoms with Gasteiger partial charge in [-0.05, 0) is 66.8 Å². The van der Waals surface area contributed by atoms with Crippen molar-refractivity contribution in [2.24, 2.45) is 11.8 Å². The molecule has 0 aliphatic carbocycles. The number of thioether (sulfide) groups is 1. The van der Waals surface area contributed by atoms with Crippen LogP contribution in [0.4, 0.5) is 13.6 Å². The highest BCUT2D eigenvalue weighted by molar-refractivity contribution is 8.13. The number of aromatic amines is 1. The third kappa shape index (κ3) is 11.3. The highest BCUT2D eigenvalue weighted by Crippen LogP contribution is 2.67. The Balaban J connectivity index is 1.04. The van der Waals surface area contributed by atoms with E-state index in [-0.39, 0.29) is 76.6 Å². The lowest BCUT2D eigenvalue weighted by atomic mass is 9.91. The number of H-pyrrole nitrogens is 1. The molecule has 66 heavy (non-hydrogen) atoms. The van der Waals surface area contributed by atoms with E-state index >= 15 is 8.78 Å². The summed E-state index contributed by atoms with van der Waals surface area (Å²) in [7, 11) is -5.49. The van der Waals surface area contributed by atoms with E-state index in [1.165, 1.54) is 24.4 Å². The SMILES string of the molecule is CC(C)CC(=O)SCCOP(=O)(OCOC(=O)O[C@H]1CCOC1)C(F)(F)c1ccc2sc(C(=O)N[C@H]3CCCC[C@H]4CC[C@@H](C(=O)N5C[C@@H](C#N)[C@H](c6cc[nH]c(=O)c6)C5)N4C3=O)cc2c1. The van der Waals surface area contributed by atoms with Crippen LogP contribution in [0.2, 0.25) is 0 Å². The molecular formula is C44H52F2N5O12PS2. The van der Waals surface area contributed by atoms with Gasteiger partial charge in [0, 0.05) is 66.2 Å². The summed E-state index contributed by atoms with van der Waals surface area (Å²) >= 11 is 1.82. The summed E-state index contributed by atoms with van der Waals surface area (Å²) in [5.74, 6) is -2.29. The number of nitrogens with zero attached hydrogens (tertiary/aromatic N) is 3. The van der Waals surface area contributed by atoms with Crippen molar-refractivity contribution in [3.63, 3.8) is 0 Å². The third-order valence-electron chi connectivity index (χ3n) is 12.1. The Kier molecular flexibility index (Phi) is 16.0. The first kappa shape index (κ1) is 49.2. The minimum atomic E-state index is -5.49. The molecule has 4 aliphatic rings. The molecule has 4 saturated heterocycles. The molecule has 6 heterocycles. The lowest BCUT2D eigenvalue weighted by Gasteiger charge is -2.36. The molecule has 2 aromatic heterocycles. The second-order valence-corrected chi connectivity index (χ2v) is 21.5. The van der Waals surface area contributed by atoms with Crippen molar-refractivity contribution in [3.8, 4) is 6.07 Å². The highest BCUT2D eigenvalue weighted by Gasteiger charge is 2.56. The van der Waals surface area contributed by atoms with E-state index in [1.54, 1.807) is 15.9 Å². The first-order valence-electron chi connectivity index (χ1n) is 21.9. The molecular weight excluding hydrogens is 924 g/mol. The van der Waals surface area contributed by atoms with Gasteiger partial charge in [-0.25, -0.2) is 4.79 Å². The zero-order valence-electron chi connectivity index (χ0n) is 36.4. The Morgan fingerprint density at radius 1 is 1.06 bits per heavy atom. The van der Waals surface area contributed by atoms with Crippen molar-refractivity contribution < 1.29 is 60.6 Å². The smallest absolute Gasteiger partial charge is 0.428 e. The second kappa shape index (κ2) is 21.5. The number of amides is 3. The number of hydrogen-bond acceptors (Lipinski definition) is 15. The molecule has 3 amide bonds. The number of rotatable bonds is 16. The summed E-state index contributed by atoms with van der Waals surface area (Å²) in [4.78, 5) is 84.7. The number of ether oxygens (including phenoxy) is 3. The number of likely N-dealkylation sites (tertiary alicyclic amines) is 1. The van der Waals surface area contributed by atoms with E-state index < -0.39 is 74.3 Å². The molecule has 0 radical (unpaired) electrons. The van der Waals surface area contributed by atoms with E-state index in [4.69, 9.17) is 23.3 Å². The monoisotopic (exact) mass is 975 g/mol. The van der Waals surface area contributed by atoms with Gasteiger partial charge in [0.2, 0.25) is 24.2 Å². The summed E-state index contributed by atoms with van der Waals surface area (Å²) in [5, 5.41) is 12.8. The van der Waals surface area contributed by atoms with Gasteiger partial charge in [0.15, 0.2) is 5.12 Å². The molecule has 356 valence electrons. The number of fused-ring (bicyclic) bond motifs is 2. The predicted molar refractivity (Wildman–Crippen MR) is 238 cm³/mol. The minimum Gasteiger partial charge on any atom is -0.428 e. The van der Waals surface area contributed by atoms with Gasteiger partial charge in [0.25, 0.3) is 5.91 Å². The predicted octanol–water partition coefficient (Wildman–Crippen LogP) is 6.87. The number of hydrogen-bond donors (Lipinski definition) is 2. The molecule has 4 fully saturated rings. The van der Waals surface area contributed by atoms with Crippen LogP contribution in [-0.4, -0.2) is 113 Å². The van der Waals surface area contributed by atoms with E-state index in [0.29, 0.717) is 55.4 Å². The van der Waals surface area contributed by atoms with Crippen LogP contribution >= 0.6 is 30.7 Å². The first-order valence-corrected chi connectivity index (χ1v) is 25.3. The zero-order chi connectivity index (χ0) is 47.2. The van der Waals surface area contributed by atoms with Crippen LogP contribution in [0.25, 0.3) is 10.1 Å². The number of nitrogens with one attached hydrogen (secondary N) is 2. The lowest BCUT2D eigenvalue weighted by molar-refractivity contribution is -0.146. The first-order chi connectivity index (χ1) is 31.6. The third-order valence-corrected chi connectivity index (χ3v) is 16.0. The fourth-order valence-corrected chi connectivity index (χ4v) is 12.1. The number of carbonyl (C=O) groups is 5. The molecule has 3 aromatic rings. The van der Waals surface area contributed by atoms with Crippen molar-refractivity contribution in [2.45, 2.75) is 101 Å². The van der Waals surface area contributed by atoms with Crippen LogP contribution in [0.5, 0.6) is 0 Å². The average Bonchev–Trinajstić information content (AvgIpc) is 4.11. The molecule has 0 saturated carbocycles. The molecule has 17 nitrogen and oxygen atoms in total. The van der Waals surface area contributed by atoms with Gasteiger partial charge < -0.3 is 38.8 Å². The average molecular weight is 976 g/mol. The van der Waals surface area contributed by atoms with Crippen molar-refractivity contribution in [1.29, 1.82) is 5.26 Å². The van der Waals surface area contributed by atoms with Gasteiger partial charge in [0.1, 0.15) is 18.2 Å². The molecule has 22 heteroatoms. The van der Waals surface area contributed by atoms with Crippen LogP contribution in [0.3, 0.4) is 0 Å². The van der Waals surface area contributed by atoms with E-state index in [9.17, 15) is 38.6 Å². The Bertz CT molecular complexity index is 2440. The summed E-state index contributed by atoms with van der Waals surface area (Å²) in [6.45, 7) is 2.78. The van der Waals surface area contributed by atoms with Crippen LogP contribution in [0, 0.1) is 23.2 Å². The summed E-state index contributed by atoms with van der Waals surface area (Å²) in [5.41, 5.74) is -4.77. The summed E-state index contributed by atoms with van der Waals surface area (Å²) in [6.07, 6.45) is 3.69. The Hall–Kier alpha value is -4.71. The number of carbonyl (C=O) groups excluding carboxylic acids is 5. The number of halogens is 2. The molecule has 1 aromatic carbocycles. The normalized spacial score (nSPS) is 24.3. The number of aromatic nitrogens is 1. The van der Waals surface area contributed by atoms with Crippen molar-refractivity contribution in [2.75, 3.05) is 45.5 Å². The Morgan fingerprint density at radius 3 is 2.61 bits per heavy atom. The zero-order valence-corrected chi connectivity index (χ0v) is 39.0. The molecule has 0 spiro atoms. The van der Waals surface area contributed by atoms with Gasteiger partial charge in [0.05, 0.1) is 36.7 Å². The van der Waals surface area contributed by atoms with E-state index in [1.807, 2.05) is 13.8 Å². The largest absolute Gasteiger partial charge is 0.510 e. The number of benzene rings is 1. The Morgan fingerprint density at radius 2 is 1.86 bits per heavy atom. The molecule has 2 N–H and O–H groups in total.